The van der Waals surface area contributed by atoms with Crippen LogP contribution in [0.2, 0.25) is 0 Å². The minimum absolute atomic E-state index is 0.529. The molecule has 0 spiro atoms. The van der Waals surface area contributed by atoms with Crippen molar-refractivity contribution in [3.8, 4) is 0 Å². The van der Waals surface area contributed by atoms with Crippen molar-refractivity contribution in [1.29, 1.82) is 0 Å². The normalized spacial score (nSPS) is 24.7. The molecule has 2 aliphatic carbocycles. The Morgan fingerprint density at radius 2 is 2.27 bits per heavy atom. The lowest BCUT2D eigenvalue weighted by molar-refractivity contribution is 0.440. The number of allylic oxidation sites excluding steroid dienone is 4. The van der Waals surface area contributed by atoms with Crippen molar-refractivity contribution in [3.63, 3.8) is 0 Å². The van der Waals surface area contributed by atoms with E-state index in [-0.39, 0.29) is 0 Å². The van der Waals surface area contributed by atoms with Gasteiger partial charge in [-0.3, -0.25) is 0 Å². The molecule has 1 heteroatoms. The van der Waals surface area contributed by atoms with Crippen molar-refractivity contribution < 1.29 is 4.42 Å². The second kappa shape index (κ2) is 3.41. The van der Waals surface area contributed by atoms with Crippen LogP contribution in [0.25, 0.3) is 0 Å². The monoisotopic (exact) mass is 200 g/mol. The molecule has 0 saturated carbocycles. The summed E-state index contributed by atoms with van der Waals surface area (Å²) in [6, 6.07) is 4.21. The molecule has 2 aliphatic rings. The molecule has 1 aromatic heterocycles. The summed E-state index contributed by atoms with van der Waals surface area (Å²) in [6.07, 6.45) is 9.61. The molecular formula is C14H16O. The molecular weight excluding hydrogens is 184 g/mol. The number of aryl methyl sites for hydroxylation is 1. The Morgan fingerprint density at radius 1 is 1.33 bits per heavy atom. The van der Waals surface area contributed by atoms with Gasteiger partial charge in [-0.15, -0.1) is 0 Å². The third-order valence-electron chi connectivity index (χ3n) is 3.52. The lowest BCUT2D eigenvalue weighted by atomic mass is 9.83. The van der Waals surface area contributed by atoms with E-state index in [4.69, 9.17) is 4.42 Å². The first-order valence-electron chi connectivity index (χ1n) is 5.79. The van der Waals surface area contributed by atoms with E-state index < -0.39 is 0 Å². The predicted octanol–water partition coefficient (Wildman–Crippen LogP) is 4.11. The molecule has 15 heavy (non-hydrogen) atoms. The smallest absolute Gasteiger partial charge is 0.111 e. The summed E-state index contributed by atoms with van der Waals surface area (Å²) >= 11 is 0. The van der Waals surface area contributed by atoms with Crippen molar-refractivity contribution in [2.75, 3.05) is 0 Å². The highest BCUT2D eigenvalue weighted by Crippen LogP contribution is 2.42. The van der Waals surface area contributed by atoms with Crippen LogP contribution in [0.4, 0.5) is 0 Å². The number of rotatable bonds is 1. The summed E-state index contributed by atoms with van der Waals surface area (Å²) in [6.45, 7) is 2.02. The van der Waals surface area contributed by atoms with E-state index in [9.17, 15) is 0 Å². The molecule has 0 saturated heterocycles. The van der Waals surface area contributed by atoms with Crippen LogP contribution >= 0.6 is 0 Å². The van der Waals surface area contributed by atoms with Gasteiger partial charge < -0.3 is 4.42 Å². The van der Waals surface area contributed by atoms with E-state index in [0.29, 0.717) is 5.92 Å². The Hall–Kier alpha value is -1.24. The molecule has 1 aromatic rings. The molecule has 0 bridgehead atoms. The number of hydrogen-bond acceptors (Lipinski definition) is 1. The van der Waals surface area contributed by atoms with Gasteiger partial charge in [-0.2, -0.15) is 0 Å². The quantitative estimate of drug-likeness (QED) is 0.664. The Morgan fingerprint density at radius 3 is 3.07 bits per heavy atom. The zero-order valence-electron chi connectivity index (χ0n) is 9.12. The highest BCUT2D eigenvalue weighted by Gasteiger charge is 2.26. The van der Waals surface area contributed by atoms with Gasteiger partial charge in [0.15, 0.2) is 0 Å². The van der Waals surface area contributed by atoms with E-state index in [1.165, 1.54) is 31.3 Å². The second-order valence-electron chi connectivity index (χ2n) is 4.56. The molecule has 1 atom stereocenters. The SMILES string of the molecule is Cc1ccc(C2CCCC3=C2C=CC3)o1. The molecule has 0 amide bonds. The van der Waals surface area contributed by atoms with E-state index in [2.05, 4.69) is 24.3 Å². The van der Waals surface area contributed by atoms with Crippen LogP contribution in [-0.4, -0.2) is 0 Å². The summed E-state index contributed by atoms with van der Waals surface area (Å²) in [5.74, 6) is 2.71. The second-order valence-corrected chi connectivity index (χ2v) is 4.56. The van der Waals surface area contributed by atoms with E-state index in [1.807, 2.05) is 6.92 Å². The van der Waals surface area contributed by atoms with Crippen LogP contribution in [0.1, 0.15) is 43.1 Å². The average molecular weight is 200 g/mol. The zero-order chi connectivity index (χ0) is 10.3. The molecule has 1 heterocycles. The Kier molecular flexibility index (Phi) is 2.05. The third-order valence-corrected chi connectivity index (χ3v) is 3.52. The van der Waals surface area contributed by atoms with E-state index >= 15 is 0 Å². The van der Waals surface area contributed by atoms with Gasteiger partial charge >= 0.3 is 0 Å². The fourth-order valence-corrected chi connectivity index (χ4v) is 2.78. The molecule has 0 N–H and O–H groups in total. The van der Waals surface area contributed by atoms with Gasteiger partial charge in [-0.05, 0) is 50.3 Å². The van der Waals surface area contributed by atoms with Gasteiger partial charge in [0.25, 0.3) is 0 Å². The summed E-state index contributed by atoms with van der Waals surface area (Å²) in [7, 11) is 0. The summed E-state index contributed by atoms with van der Waals surface area (Å²) in [4.78, 5) is 0. The van der Waals surface area contributed by atoms with Crippen molar-refractivity contribution >= 4 is 0 Å². The topological polar surface area (TPSA) is 13.1 Å². The van der Waals surface area contributed by atoms with Gasteiger partial charge in [0.1, 0.15) is 11.5 Å². The van der Waals surface area contributed by atoms with Crippen molar-refractivity contribution in [2.45, 2.75) is 38.5 Å². The zero-order valence-corrected chi connectivity index (χ0v) is 9.12. The third kappa shape index (κ3) is 1.46. The number of furan rings is 1. The van der Waals surface area contributed by atoms with Crippen molar-refractivity contribution in [2.24, 2.45) is 0 Å². The van der Waals surface area contributed by atoms with Gasteiger partial charge in [0, 0.05) is 5.92 Å². The molecule has 78 valence electrons. The van der Waals surface area contributed by atoms with E-state index in [0.717, 1.165) is 11.5 Å². The van der Waals surface area contributed by atoms with Crippen LogP contribution in [0.3, 0.4) is 0 Å². The molecule has 0 fully saturated rings. The standard InChI is InChI=1S/C14H16O/c1-10-8-9-14(15-10)13-7-3-5-11-4-2-6-12(11)13/h2,6,8-9,13H,3-5,7H2,1H3. The maximum Gasteiger partial charge on any atom is 0.111 e. The Bertz CT molecular complexity index is 434. The maximum atomic E-state index is 5.76. The van der Waals surface area contributed by atoms with Crippen molar-refractivity contribution in [3.05, 3.63) is 47.0 Å². The molecule has 1 unspecified atom stereocenters. The van der Waals surface area contributed by atoms with Gasteiger partial charge in [0.2, 0.25) is 0 Å². The van der Waals surface area contributed by atoms with E-state index in [1.54, 1.807) is 5.57 Å². The first-order valence-corrected chi connectivity index (χ1v) is 5.79. The summed E-state index contributed by atoms with van der Waals surface area (Å²) in [5, 5.41) is 0. The minimum atomic E-state index is 0.529. The van der Waals surface area contributed by atoms with Crippen LogP contribution in [0.15, 0.2) is 39.8 Å². The highest BCUT2D eigenvalue weighted by atomic mass is 16.3. The first-order chi connectivity index (χ1) is 7.34. The Balaban J connectivity index is 1.98. The van der Waals surface area contributed by atoms with Crippen LogP contribution in [0.5, 0.6) is 0 Å². The highest BCUT2D eigenvalue weighted by molar-refractivity contribution is 5.42. The summed E-state index contributed by atoms with van der Waals surface area (Å²) in [5.41, 5.74) is 3.18. The fourth-order valence-electron chi connectivity index (χ4n) is 2.78. The summed E-state index contributed by atoms with van der Waals surface area (Å²) < 4.78 is 5.76. The van der Waals surface area contributed by atoms with Crippen LogP contribution in [-0.2, 0) is 0 Å². The molecule has 0 aliphatic heterocycles. The lowest BCUT2D eigenvalue weighted by Gasteiger charge is -2.22. The van der Waals surface area contributed by atoms with Crippen LogP contribution in [0, 0.1) is 6.92 Å². The molecule has 1 nitrogen and oxygen atoms in total. The average Bonchev–Trinajstić information content (AvgIpc) is 2.84. The van der Waals surface area contributed by atoms with Gasteiger partial charge in [-0.1, -0.05) is 17.7 Å². The van der Waals surface area contributed by atoms with Crippen molar-refractivity contribution in [1.82, 2.24) is 0 Å². The molecule has 3 rings (SSSR count). The fraction of sp³-hybridized carbons (Fsp3) is 0.429. The minimum Gasteiger partial charge on any atom is -0.466 e. The van der Waals surface area contributed by atoms with Crippen LogP contribution < -0.4 is 0 Å². The predicted molar refractivity (Wildman–Crippen MR) is 60.8 cm³/mol. The van der Waals surface area contributed by atoms with Gasteiger partial charge in [0.05, 0.1) is 0 Å². The van der Waals surface area contributed by atoms with Gasteiger partial charge in [-0.25, -0.2) is 0 Å². The number of hydrogen-bond donors (Lipinski definition) is 0. The largest absolute Gasteiger partial charge is 0.466 e. The Labute approximate surface area is 90.5 Å². The lowest BCUT2D eigenvalue weighted by Crippen LogP contribution is -2.06. The first kappa shape index (κ1) is 9.02. The maximum absolute atomic E-state index is 5.76. The molecule has 0 radical (unpaired) electrons. The molecule has 0 aromatic carbocycles.